The van der Waals surface area contributed by atoms with E-state index < -0.39 is 5.41 Å². The van der Waals surface area contributed by atoms with Crippen LogP contribution in [0.15, 0.2) is 218 Å². The van der Waals surface area contributed by atoms with Gasteiger partial charge in [-0.1, -0.05) is 188 Å². The summed E-state index contributed by atoms with van der Waals surface area (Å²) in [5.41, 5.74) is 13.4. The van der Waals surface area contributed by atoms with Crippen molar-refractivity contribution in [3.63, 3.8) is 0 Å². The molecule has 0 saturated carbocycles. The third kappa shape index (κ3) is 5.01. The first-order valence-electron chi connectivity index (χ1n) is 20.5. The summed E-state index contributed by atoms with van der Waals surface area (Å²) < 4.78 is 2.46. The molecular weight excluding hydrogens is 729 g/mol. The number of rotatable bonds is 6. The second-order valence-corrected chi connectivity index (χ2v) is 15.5. The van der Waals surface area contributed by atoms with Crippen LogP contribution in [0.1, 0.15) is 22.3 Å². The first kappa shape index (κ1) is 34.1. The number of nitrogens with zero attached hydrogens (tertiary/aromatic N) is 4. The van der Waals surface area contributed by atoms with Crippen molar-refractivity contribution in [1.82, 2.24) is 19.5 Å². The van der Waals surface area contributed by atoms with Crippen LogP contribution in [0.4, 0.5) is 0 Å². The average Bonchev–Trinajstić information content (AvgIpc) is 3.85. The van der Waals surface area contributed by atoms with Gasteiger partial charge in [-0.15, -0.1) is 0 Å². The van der Waals surface area contributed by atoms with E-state index in [4.69, 9.17) is 15.0 Å². The first-order valence-corrected chi connectivity index (χ1v) is 20.5. The van der Waals surface area contributed by atoms with Gasteiger partial charge in [0, 0.05) is 38.5 Å². The molecule has 2 heterocycles. The van der Waals surface area contributed by atoms with Crippen molar-refractivity contribution in [2.24, 2.45) is 0 Å². The van der Waals surface area contributed by atoms with Crippen LogP contribution in [-0.2, 0) is 5.41 Å². The maximum absolute atomic E-state index is 5.03. The molecular formula is C56H36N4. The highest BCUT2D eigenvalue weighted by Gasteiger charge is 2.48. The highest BCUT2D eigenvalue weighted by Crippen LogP contribution is 2.61. The van der Waals surface area contributed by atoms with E-state index in [1.54, 1.807) is 0 Å². The normalized spacial score (nSPS) is 12.8. The van der Waals surface area contributed by atoms with Crippen LogP contribution in [0.2, 0.25) is 0 Å². The molecule has 0 unspecified atom stereocenters. The van der Waals surface area contributed by atoms with Crippen LogP contribution in [0.5, 0.6) is 0 Å². The van der Waals surface area contributed by atoms with Gasteiger partial charge in [0.05, 0.1) is 16.4 Å². The van der Waals surface area contributed by atoms with Gasteiger partial charge in [0.25, 0.3) is 0 Å². The average molecular weight is 765 g/mol. The minimum Gasteiger partial charge on any atom is -0.309 e. The summed E-state index contributed by atoms with van der Waals surface area (Å²) in [5, 5.41) is 4.95. The van der Waals surface area contributed by atoms with Crippen LogP contribution < -0.4 is 0 Å². The fourth-order valence-corrected chi connectivity index (χ4v) is 9.85. The van der Waals surface area contributed by atoms with Gasteiger partial charge in [-0.05, 0) is 69.1 Å². The highest BCUT2D eigenvalue weighted by molar-refractivity contribution is 6.27. The van der Waals surface area contributed by atoms with E-state index in [2.05, 4.69) is 162 Å². The Morgan fingerprint density at radius 1 is 0.367 bits per heavy atom. The number of aromatic nitrogens is 4. The highest BCUT2D eigenvalue weighted by atomic mass is 15.0. The van der Waals surface area contributed by atoms with Crippen molar-refractivity contribution in [3.05, 3.63) is 241 Å². The minimum absolute atomic E-state index is 0.533. The largest absolute Gasteiger partial charge is 0.309 e. The second kappa shape index (κ2) is 13.6. The lowest BCUT2D eigenvalue weighted by atomic mass is 9.66. The van der Waals surface area contributed by atoms with Crippen LogP contribution in [-0.4, -0.2) is 19.5 Å². The summed E-state index contributed by atoms with van der Waals surface area (Å²) in [5.74, 6) is 1.93. The van der Waals surface area contributed by atoms with Crippen molar-refractivity contribution in [3.8, 4) is 51.0 Å². The van der Waals surface area contributed by atoms with Gasteiger partial charge < -0.3 is 4.57 Å². The summed E-state index contributed by atoms with van der Waals surface area (Å²) >= 11 is 0. The topological polar surface area (TPSA) is 43.6 Å². The Labute approximate surface area is 347 Å². The molecule has 60 heavy (non-hydrogen) atoms. The minimum atomic E-state index is -0.533. The Kier molecular flexibility index (Phi) is 7.72. The number of benzene rings is 9. The van der Waals surface area contributed by atoms with Gasteiger partial charge in [0.2, 0.25) is 0 Å². The van der Waals surface area contributed by atoms with Gasteiger partial charge in [0.15, 0.2) is 17.5 Å². The quantitative estimate of drug-likeness (QED) is 0.169. The van der Waals surface area contributed by atoms with Crippen molar-refractivity contribution >= 4 is 32.6 Å². The molecule has 12 rings (SSSR count). The van der Waals surface area contributed by atoms with E-state index >= 15 is 0 Å². The Bertz CT molecular complexity index is 3300. The van der Waals surface area contributed by atoms with Gasteiger partial charge in [0.1, 0.15) is 0 Å². The predicted molar refractivity (Wildman–Crippen MR) is 245 cm³/mol. The molecule has 0 aliphatic heterocycles. The van der Waals surface area contributed by atoms with E-state index in [1.807, 2.05) is 60.7 Å². The second-order valence-electron chi connectivity index (χ2n) is 15.5. The van der Waals surface area contributed by atoms with E-state index in [9.17, 15) is 0 Å². The molecule has 1 aliphatic carbocycles. The molecule has 0 bridgehead atoms. The standard InChI is InChI=1S/C56H36N4/c1-5-19-37(20-6-1)53-57-54(38-21-7-2-8-22-38)59-55(58-53)39-33-35-42(36-34-39)60-48-32-18-16-30-46(48)50-49-45-29-15-17-31-47(45)56(40-23-9-3-10-24-40,41-25-11-4-12-26-41)51(49)43-27-13-14-28-44(43)52(50)60/h1-36H. The van der Waals surface area contributed by atoms with Gasteiger partial charge >= 0.3 is 0 Å². The lowest BCUT2D eigenvalue weighted by molar-refractivity contribution is 0.776. The van der Waals surface area contributed by atoms with Gasteiger partial charge in [-0.25, -0.2) is 15.0 Å². The van der Waals surface area contributed by atoms with Crippen LogP contribution in [0.25, 0.3) is 83.6 Å². The summed E-state index contributed by atoms with van der Waals surface area (Å²) in [6, 6.07) is 78.2. The molecule has 0 atom stereocenters. The number of fused-ring (bicyclic) bond motifs is 10. The lowest BCUT2D eigenvalue weighted by Gasteiger charge is -2.34. The van der Waals surface area contributed by atoms with Gasteiger partial charge in [-0.3, -0.25) is 0 Å². The summed E-state index contributed by atoms with van der Waals surface area (Å²) in [6.45, 7) is 0. The Morgan fingerprint density at radius 3 is 1.40 bits per heavy atom. The Hall–Kier alpha value is -7.95. The fraction of sp³-hybridized carbons (Fsp3) is 0.0179. The zero-order valence-corrected chi connectivity index (χ0v) is 32.6. The van der Waals surface area contributed by atoms with Crippen molar-refractivity contribution < 1.29 is 0 Å². The maximum Gasteiger partial charge on any atom is 0.164 e. The first-order chi connectivity index (χ1) is 29.8. The summed E-state index contributed by atoms with van der Waals surface area (Å²) in [6.07, 6.45) is 0. The number of hydrogen-bond acceptors (Lipinski definition) is 3. The van der Waals surface area contributed by atoms with Crippen LogP contribution in [0, 0.1) is 0 Å². The zero-order valence-electron chi connectivity index (χ0n) is 32.6. The molecule has 4 heteroatoms. The molecule has 1 aliphatic rings. The van der Waals surface area contributed by atoms with E-state index in [0.717, 1.165) is 27.9 Å². The molecule has 0 fully saturated rings. The number of hydrogen-bond donors (Lipinski definition) is 0. The summed E-state index contributed by atoms with van der Waals surface area (Å²) in [4.78, 5) is 15.0. The molecule has 0 radical (unpaired) electrons. The van der Waals surface area contributed by atoms with E-state index in [0.29, 0.717) is 17.5 Å². The SMILES string of the molecule is c1ccc(-c2nc(-c3ccccc3)nc(-c3ccc(-n4c5ccccc5c5c6c(c7ccccc7c54)C(c4ccccc4)(c4ccccc4)c4ccccc4-6)cc3)n2)cc1. The molecule has 0 amide bonds. The van der Waals surface area contributed by atoms with Crippen LogP contribution in [0.3, 0.4) is 0 Å². The molecule has 0 spiro atoms. The molecule has 280 valence electrons. The fourth-order valence-electron chi connectivity index (χ4n) is 9.85. The third-order valence-corrected chi connectivity index (χ3v) is 12.3. The molecule has 11 aromatic rings. The maximum atomic E-state index is 5.03. The van der Waals surface area contributed by atoms with Crippen molar-refractivity contribution in [1.29, 1.82) is 0 Å². The van der Waals surface area contributed by atoms with E-state index in [1.165, 1.54) is 60.4 Å². The Morgan fingerprint density at radius 2 is 0.817 bits per heavy atom. The Balaban J connectivity index is 1.13. The monoisotopic (exact) mass is 764 g/mol. The van der Waals surface area contributed by atoms with Gasteiger partial charge in [-0.2, -0.15) is 0 Å². The smallest absolute Gasteiger partial charge is 0.164 e. The molecule has 0 saturated heterocycles. The predicted octanol–water partition coefficient (Wildman–Crippen LogP) is 13.5. The van der Waals surface area contributed by atoms with Crippen molar-refractivity contribution in [2.45, 2.75) is 5.41 Å². The summed E-state index contributed by atoms with van der Waals surface area (Å²) in [7, 11) is 0. The molecule has 4 nitrogen and oxygen atoms in total. The zero-order chi connectivity index (χ0) is 39.6. The molecule has 0 N–H and O–H groups in total. The third-order valence-electron chi connectivity index (χ3n) is 12.3. The number of para-hydroxylation sites is 1. The molecule has 2 aromatic heterocycles. The van der Waals surface area contributed by atoms with Crippen LogP contribution >= 0.6 is 0 Å². The lowest BCUT2D eigenvalue weighted by Crippen LogP contribution is -2.28. The van der Waals surface area contributed by atoms with Crippen molar-refractivity contribution in [2.75, 3.05) is 0 Å². The van der Waals surface area contributed by atoms with E-state index in [-0.39, 0.29) is 0 Å². The molecule has 9 aromatic carbocycles.